The van der Waals surface area contributed by atoms with Crippen molar-refractivity contribution in [3.8, 4) is 5.75 Å². The number of benzene rings is 1. The van der Waals surface area contributed by atoms with Crippen LogP contribution < -0.4 is 4.74 Å². The third-order valence-electron chi connectivity index (χ3n) is 2.82. The zero-order valence-electron chi connectivity index (χ0n) is 10.3. The lowest BCUT2D eigenvalue weighted by Gasteiger charge is -2.10. The highest BCUT2D eigenvalue weighted by Gasteiger charge is 2.31. The Balaban J connectivity index is 2.23. The van der Waals surface area contributed by atoms with Crippen LogP contribution in [-0.4, -0.2) is 36.2 Å². The van der Waals surface area contributed by atoms with Gasteiger partial charge in [-0.3, -0.25) is 9.69 Å². The Labute approximate surface area is 105 Å². The van der Waals surface area contributed by atoms with E-state index in [1.54, 1.807) is 14.0 Å². The number of rotatable bonds is 4. The van der Waals surface area contributed by atoms with Gasteiger partial charge in [-0.25, -0.2) is 4.79 Å². The van der Waals surface area contributed by atoms with E-state index in [0.29, 0.717) is 18.7 Å². The van der Waals surface area contributed by atoms with Gasteiger partial charge in [0.05, 0.1) is 7.11 Å². The molecule has 0 saturated carbocycles. The smallest absolute Gasteiger partial charge is 0.350 e. The fourth-order valence-corrected chi connectivity index (χ4v) is 1.89. The summed E-state index contributed by atoms with van der Waals surface area (Å²) in [4.78, 5) is 28.3. The Morgan fingerprint density at radius 1 is 1.28 bits per heavy atom. The van der Waals surface area contributed by atoms with Gasteiger partial charge in [-0.1, -0.05) is 18.2 Å². The second kappa shape index (κ2) is 5.00. The molecule has 0 atom stereocenters. The lowest BCUT2D eigenvalue weighted by atomic mass is 10.1. The number of para-hydroxylation sites is 1. The van der Waals surface area contributed by atoms with Gasteiger partial charge in [0.15, 0.2) is 0 Å². The van der Waals surface area contributed by atoms with Crippen LogP contribution in [0.2, 0.25) is 0 Å². The van der Waals surface area contributed by atoms with Gasteiger partial charge in [0.1, 0.15) is 11.5 Å². The van der Waals surface area contributed by atoms with Gasteiger partial charge in [0, 0.05) is 18.5 Å². The van der Waals surface area contributed by atoms with Crippen molar-refractivity contribution in [2.75, 3.05) is 13.7 Å². The summed E-state index contributed by atoms with van der Waals surface area (Å²) in [6, 6.07) is 6.90. The molecule has 1 aliphatic rings. The summed E-state index contributed by atoms with van der Waals surface area (Å²) in [7, 11) is 1.57. The number of hydrogen-bond donors (Lipinski definition) is 0. The van der Waals surface area contributed by atoms with E-state index in [-0.39, 0.29) is 11.6 Å². The van der Waals surface area contributed by atoms with Gasteiger partial charge >= 0.3 is 6.03 Å². The van der Waals surface area contributed by atoms with Crippen molar-refractivity contribution in [1.82, 2.24) is 4.90 Å². The largest absolute Gasteiger partial charge is 0.496 e. The molecule has 5 heteroatoms. The standard InChI is InChI=1S/C13H14N2O3/c1-3-15-12(16)10(14-13(15)17)8-9-6-4-5-7-11(9)18-2/h4-7H,3,8H2,1-2H3. The predicted molar refractivity (Wildman–Crippen MR) is 66.9 cm³/mol. The first kappa shape index (κ1) is 12.3. The maximum atomic E-state index is 11.9. The van der Waals surface area contributed by atoms with Crippen LogP contribution in [-0.2, 0) is 11.2 Å². The number of nitrogens with zero attached hydrogens (tertiary/aromatic N) is 2. The molecule has 0 N–H and O–H groups in total. The third-order valence-corrected chi connectivity index (χ3v) is 2.82. The Hall–Kier alpha value is -2.17. The molecule has 0 fully saturated rings. The molecular formula is C13H14N2O3. The van der Waals surface area contributed by atoms with E-state index < -0.39 is 6.03 Å². The molecule has 5 nitrogen and oxygen atoms in total. The van der Waals surface area contributed by atoms with Gasteiger partial charge in [-0.15, -0.1) is 0 Å². The van der Waals surface area contributed by atoms with Gasteiger partial charge in [0.2, 0.25) is 0 Å². The summed E-state index contributed by atoms with van der Waals surface area (Å²) >= 11 is 0. The van der Waals surface area contributed by atoms with Crippen LogP contribution in [0.25, 0.3) is 0 Å². The van der Waals surface area contributed by atoms with Crippen LogP contribution in [0.15, 0.2) is 29.3 Å². The van der Waals surface area contributed by atoms with Crippen LogP contribution in [0, 0.1) is 0 Å². The quantitative estimate of drug-likeness (QED) is 0.811. The van der Waals surface area contributed by atoms with E-state index >= 15 is 0 Å². The highest BCUT2D eigenvalue weighted by molar-refractivity contribution is 6.46. The van der Waals surface area contributed by atoms with Gasteiger partial charge in [0.25, 0.3) is 5.91 Å². The second-order valence-corrected chi connectivity index (χ2v) is 3.88. The summed E-state index contributed by atoms with van der Waals surface area (Å²) in [5, 5.41) is 0. The van der Waals surface area contributed by atoms with Crippen molar-refractivity contribution < 1.29 is 14.3 Å². The first-order chi connectivity index (χ1) is 8.67. The minimum absolute atomic E-state index is 0.270. The van der Waals surface area contributed by atoms with Crippen LogP contribution in [0.5, 0.6) is 5.75 Å². The molecule has 0 aliphatic carbocycles. The summed E-state index contributed by atoms with van der Waals surface area (Å²) in [6.45, 7) is 2.09. The molecular weight excluding hydrogens is 232 g/mol. The predicted octanol–water partition coefficient (Wildman–Crippen LogP) is 1.66. The number of hydrogen-bond acceptors (Lipinski definition) is 3. The molecule has 0 radical (unpaired) electrons. The second-order valence-electron chi connectivity index (χ2n) is 3.88. The number of ether oxygens (including phenoxy) is 1. The summed E-state index contributed by atoms with van der Waals surface area (Å²) < 4.78 is 5.21. The summed E-state index contributed by atoms with van der Waals surface area (Å²) in [5.74, 6) is 0.379. The molecule has 2 rings (SSSR count). The lowest BCUT2D eigenvalue weighted by molar-refractivity contribution is -0.120. The fourth-order valence-electron chi connectivity index (χ4n) is 1.89. The maximum absolute atomic E-state index is 11.9. The molecule has 0 unspecified atom stereocenters. The molecule has 18 heavy (non-hydrogen) atoms. The molecule has 1 aromatic rings. The Bertz CT molecular complexity index is 523. The average molecular weight is 246 g/mol. The Kier molecular flexibility index (Phi) is 3.41. The average Bonchev–Trinajstić information content (AvgIpc) is 2.65. The number of carbonyl (C=O) groups excluding carboxylic acids is 2. The van der Waals surface area contributed by atoms with E-state index in [9.17, 15) is 9.59 Å². The topological polar surface area (TPSA) is 59.0 Å². The van der Waals surface area contributed by atoms with Crippen LogP contribution in [0.1, 0.15) is 12.5 Å². The number of methoxy groups -OCH3 is 1. The zero-order chi connectivity index (χ0) is 13.1. The van der Waals surface area contributed by atoms with Gasteiger partial charge in [-0.2, -0.15) is 4.99 Å². The first-order valence-corrected chi connectivity index (χ1v) is 5.72. The fraction of sp³-hybridized carbons (Fsp3) is 0.308. The number of carbonyl (C=O) groups is 2. The van der Waals surface area contributed by atoms with Crippen molar-refractivity contribution in [2.45, 2.75) is 13.3 Å². The molecule has 0 aromatic heterocycles. The number of aliphatic imine (C=N–C) groups is 1. The number of imide groups is 1. The van der Waals surface area contributed by atoms with Crippen LogP contribution in [0.4, 0.5) is 4.79 Å². The third kappa shape index (κ3) is 2.11. The lowest BCUT2D eigenvalue weighted by Crippen LogP contribution is -2.32. The molecule has 0 saturated heterocycles. The number of urea groups is 1. The molecule has 3 amide bonds. The van der Waals surface area contributed by atoms with Crippen molar-refractivity contribution in [1.29, 1.82) is 0 Å². The Morgan fingerprint density at radius 2 is 2.00 bits per heavy atom. The minimum Gasteiger partial charge on any atom is -0.496 e. The molecule has 0 spiro atoms. The van der Waals surface area contributed by atoms with Crippen molar-refractivity contribution in [3.63, 3.8) is 0 Å². The van der Waals surface area contributed by atoms with Gasteiger partial charge < -0.3 is 4.74 Å². The zero-order valence-corrected chi connectivity index (χ0v) is 10.3. The van der Waals surface area contributed by atoms with Gasteiger partial charge in [-0.05, 0) is 13.0 Å². The van der Waals surface area contributed by atoms with Crippen molar-refractivity contribution in [3.05, 3.63) is 29.8 Å². The molecule has 94 valence electrons. The first-order valence-electron chi connectivity index (χ1n) is 5.72. The normalized spacial score (nSPS) is 15.0. The van der Waals surface area contributed by atoms with Crippen LogP contribution in [0.3, 0.4) is 0 Å². The summed E-state index contributed by atoms with van der Waals surface area (Å²) in [6.07, 6.45) is 0.311. The van der Waals surface area contributed by atoms with Crippen LogP contribution >= 0.6 is 0 Å². The number of amides is 3. The minimum atomic E-state index is -0.479. The Morgan fingerprint density at radius 3 is 2.61 bits per heavy atom. The molecule has 1 heterocycles. The van der Waals surface area contributed by atoms with E-state index in [4.69, 9.17) is 4.74 Å². The van der Waals surface area contributed by atoms with Crippen molar-refractivity contribution in [2.24, 2.45) is 4.99 Å². The monoisotopic (exact) mass is 246 g/mol. The highest BCUT2D eigenvalue weighted by Crippen LogP contribution is 2.20. The SMILES string of the molecule is CCN1C(=O)N=C(Cc2ccccc2OC)C1=O. The molecule has 0 bridgehead atoms. The highest BCUT2D eigenvalue weighted by atomic mass is 16.5. The van der Waals surface area contributed by atoms with Crippen molar-refractivity contribution >= 4 is 17.6 Å². The molecule has 1 aromatic carbocycles. The van der Waals surface area contributed by atoms with E-state index in [2.05, 4.69) is 4.99 Å². The van der Waals surface area contributed by atoms with E-state index in [1.165, 1.54) is 0 Å². The van der Waals surface area contributed by atoms with E-state index in [0.717, 1.165) is 10.5 Å². The van der Waals surface area contributed by atoms with E-state index in [1.807, 2.05) is 24.3 Å². The molecule has 1 aliphatic heterocycles. The maximum Gasteiger partial charge on any atom is 0.350 e. The summed E-state index contributed by atoms with van der Waals surface area (Å²) in [5.41, 5.74) is 1.12.